The molecule has 0 spiro atoms. The van der Waals surface area contributed by atoms with E-state index in [1.165, 1.54) is 0 Å². The molecule has 0 amide bonds. The molecule has 0 fully saturated rings. The lowest BCUT2D eigenvalue weighted by molar-refractivity contribution is 0.315. The van der Waals surface area contributed by atoms with Crippen molar-refractivity contribution in [3.05, 3.63) is 39.2 Å². The van der Waals surface area contributed by atoms with Gasteiger partial charge >= 0.3 is 5.63 Å². The van der Waals surface area contributed by atoms with Gasteiger partial charge in [0, 0.05) is 16.5 Å². The maximum Gasteiger partial charge on any atom is 0.339 e. The molecule has 0 saturated heterocycles. The second-order valence-corrected chi connectivity index (χ2v) is 4.96. The van der Waals surface area contributed by atoms with Crippen LogP contribution in [0.3, 0.4) is 0 Å². The van der Waals surface area contributed by atoms with Crippen molar-refractivity contribution in [2.24, 2.45) is 5.73 Å². The monoisotopic (exact) mass is 327 g/mol. The van der Waals surface area contributed by atoms with E-state index in [0.717, 1.165) is 35.2 Å². The van der Waals surface area contributed by atoms with Crippen LogP contribution in [-0.2, 0) is 0 Å². The number of ether oxygens (including phenoxy) is 1. The van der Waals surface area contributed by atoms with E-state index in [1.54, 1.807) is 6.92 Å². The average Bonchev–Trinajstić information content (AvgIpc) is 2.46. The van der Waals surface area contributed by atoms with Gasteiger partial charge in [-0.2, -0.15) is 0 Å². The molecular formula is C17H26ClNO3. The maximum absolute atomic E-state index is 11.7. The summed E-state index contributed by atoms with van der Waals surface area (Å²) in [6, 6.07) is 3.90. The summed E-state index contributed by atoms with van der Waals surface area (Å²) < 4.78 is 11.0. The number of nitrogens with two attached hydrogens (primary N) is 1. The maximum atomic E-state index is 11.7. The molecule has 2 rings (SSSR count). The molecule has 4 nitrogen and oxygen atoms in total. The summed E-state index contributed by atoms with van der Waals surface area (Å²) in [4.78, 5) is 11.7. The van der Waals surface area contributed by atoms with Gasteiger partial charge in [0.15, 0.2) is 0 Å². The normalized spacial score (nSPS) is 9.73. The Morgan fingerprint density at radius 2 is 1.68 bits per heavy atom. The minimum Gasteiger partial charge on any atom is -0.493 e. The number of aryl methyl sites for hydroxylation is 2. The van der Waals surface area contributed by atoms with E-state index in [-0.39, 0.29) is 18.0 Å². The van der Waals surface area contributed by atoms with E-state index in [2.05, 4.69) is 6.92 Å². The highest BCUT2D eigenvalue weighted by Crippen LogP contribution is 2.29. The van der Waals surface area contributed by atoms with Crippen LogP contribution in [0.5, 0.6) is 5.75 Å². The Bertz CT molecular complexity index is 665. The lowest BCUT2D eigenvalue weighted by Crippen LogP contribution is -2.07. The molecule has 124 valence electrons. The molecule has 2 aromatic rings. The van der Waals surface area contributed by atoms with Crippen LogP contribution in [0.25, 0.3) is 11.0 Å². The van der Waals surface area contributed by atoms with E-state index in [4.69, 9.17) is 14.9 Å². The minimum atomic E-state index is -0.268. The zero-order valence-electron chi connectivity index (χ0n) is 14.0. The highest BCUT2D eigenvalue weighted by Gasteiger charge is 2.12. The van der Waals surface area contributed by atoms with Crippen LogP contribution in [0.2, 0.25) is 0 Å². The van der Waals surface area contributed by atoms with Crippen molar-refractivity contribution in [2.75, 3.05) is 13.2 Å². The van der Waals surface area contributed by atoms with Crippen molar-refractivity contribution in [2.45, 2.75) is 41.0 Å². The molecule has 0 aliphatic heterocycles. The first-order chi connectivity index (χ1) is 9.97. The zero-order valence-corrected chi connectivity index (χ0v) is 14.8. The quantitative estimate of drug-likeness (QED) is 0.868. The van der Waals surface area contributed by atoms with Crippen molar-refractivity contribution < 1.29 is 9.15 Å². The predicted octanol–water partition coefficient (Wildman–Crippen LogP) is 3.89. The Hall–Kier alpha value is -1.52. The van der Waals surface area contributed by atoms with Gasteiger partial charge in [0.25, 0.3) is 0 Å². The second-order valence-electron chi connectivity index (χ2n) is 4.96. The zero-order chi connectivity index (χ0) is 16.0. The van der Waals surface area contributed by atoms with Crippen LogP contribution >= 0.6 is 12.4 Å². The number of rotatable bonds is 3. The summed E-state index contributed by atoms with van der Waals surface area (Å²) in [6.45, 7) is 11.0. The van der Waals surface area contributed by atoms with Crippen molar-refractivity contribution >= 4 is 23.4 Å². The molecule has 1 heterocycles. The number of halogens is 1. The van der Waals surface area contributed by atoms with Crippen molar-refractivity contribution in [3.8, 4) is 5.75 Å². The van der Waals surface area contributed by atoms with Crippen molar-refractivity contribution in [3.63, 3.8) is 0 Å². The largest absolute Gasteiger partial charge is 0.493 e. The van der Waals surface area contributed by atoms with Gasteiger partial charge in [0.1, 0.15) is 11.3 Å². The van der Waals surface area contributed by atoms with E-state index in [1.807, 2.05) is 32.9 Å². The lowest BCUT2D eigenvalue weighted by Gasteiger charge is -2.11. The Balaban J connectivity index is 0.00000102. The second kappa shape index (κ2) is 9.49. The molecular weight excluding hydrogens is 302 g/mol. The molecule has 1 aromatic heterocycles. The third-order valence-electron chi connectivity index (χ3n) is 3.29. The first-order valence-corrected chi connectivity index (χ1v) is 7.34. The molecule has 1 aromatic carbocycles. The fraction of sp³-hybridized carbons (Fsp3) is 0.471. The van der Waals surface area contributed by atoms with E-state index < -0.39 is 0 Å². The molecule has 0 aliphatic rings. The van der Waals surface area contributed by atoms with E-state index in [0.29, 0.717) is 17.8 Å². The summed E-state index contributed by atoms with van der Waals surface area (Å²) >= 11 is 0. The Morgan fingerprint density at radius 3 is 2.23 bits per heavy atom. The van der Waals surface area contributed by atoms with Gasteiger partial charge in [-0.05, 0) is 51.4 Å². The molecule has 0 aliphatic carbocycles. The van der Waals surface area contributed by atoms with E-state index >= 15 is 0 Å². The molecule has 0 saturated carbocycles. The SMILES string of the molecule is CCCOc1ccc2c(C)c(C)c(=O)oc2c1C.CCN.Cl. The van der Waals surface area contributed by atoms with Gasteiger partial charge in [0.05, 0.1) is 6.61 Å². The van der Waals surface area contributed by atoms with Crippen LogP contribution in [0.15, 0.2) is 21.3 Å². The lowest BCUT2D eigenvalue weighted by atomic mass is 10.0. The van der Waals surface area contributed by atoms with Gasteiger partial charge in [-0.1, -0.05) is 13.8 Å². The molecule has 0 radical (unpaired) electrons. The van der Waals surface area contributed by atoms with Crippen molar-refractivity contribution in [1.29, 1.82) is 0 Å². The first kappa shape index (κ1) is 20.5. The Kier molecular flexibility index (Phi) is 8.83. The summed E-state index contributed by atoms with van der Waals surface area (Å²) in [5.74, 6) is 0.788. The van der Waals surface area contributed by atoms with Crippen LogP contribution in [0.1, 0.15) is 37.0 Å². The van der Waals surface area contributed by atoms with Crippen LogP contribution in [-0.4, -0.2) is 13.2 Å². The Labute approximate surface area is 138 Å². The third-order valence-corrected chi connectivity index (χ3v) is 3.29. The van der Waals surface area contributed by atoms with Gasteiger partial charge < -0.3 is 14.9 Å². The third kappa shape index (κ3) is 4.49. The number of benzene rings is 1. The Morgan fingerprint density at radius 1 is 1.09 bits per heavy atom. The molecule has 0 unspecified atom stereocenters. The van der Waals surface area contributed by atoms with Crippen LogP contribution in [0.4, 0.5) is 0 Å². The van der Waals surface area contributed by atoms with Gasteiger partial charge in [-0.25, -0.2) is 4.79 Å². The minimum absolute atomic E-state index is 0. The summed E-state index contributed by atoms with van der Waals surface area (Å²) in [5.41, 5.74) is 7.75. The van der Waals surface area contributed by atoms with Gasteiger partial charge in [-0.3, -0.25) is 0 Å². The molecule has 0 atom stereocenters. The average molecular weight is 328 g/mol. The summed E-state index contributed by atoms with van der Waals surface area (Å²) in [5, 5.41) is 0.980. The van der Waals surface area contributed by atoms with E-state index in [9.17, 15) is 4.79 Å². The predicted molar refractivity (Wildman–Crippen MR) is 94.5 cm³/mol. The molecule has 5 heteroatoms. The van der Waals surface area contributed by atoms with Gasteiger partial charge in [0.2, 0.25) is 0 Å². The molecule has 22 heavy (non-hydrogen) atoms. The molecule has 2 N–H and O–H groups in total. The standard InChI is InChI=1S/C15H18O3.C2H7N.ClH/c1-5-8-17-13-7-6-12-9(2)10(3)15(16)18-14(12)11(13)4;1-2-3;/h6-7H,5,8H2,1-4H3;2-3H2,1H3;1H. The highest BCUT2D eigenvalue weighted by atomic mass is 35.5. The summed E-state index contributed by atoms with van der Waals surface area (Å²) in [7, 11) is 0. The number of hydrogen-bond acceptors (Lipinski definition) is 4. The smallest absolute Gasteiger partial charge is 0.339 e. The topological polar surface area (TPSA) is 65.5 Å². The van der Waals surface area contributed by atoms with Crippen LogP contribution in [0, 0.1) is 20.8 Å². The van der Waals surface area contributed by atoms with Gasteiger partial charge in [-0.15, -0.1) is 12.4 Å². The van der Waals surface area contributed by atoms with Crippen molar-refractivity contribution in [1.82, 2.24) is 0 Å². The fourth-order valence-corrected chi connectivity index (χ4v) is 1.99. The number of fused-ring (bicyclic) bond motifs is 1. The summed E-state index contributed by atoms with van der Waals surface area (Å²) in [6.07, 6.45) is 0.953. The number of hydrogen-bond donors (Lipinski definition) is 1. The fourth-order valence-electron chi connectivity index (χ4n) is 1.99. The first-order valence-electron chi connectivity index (χ1n) is 7.34. The van der Waals surface area contributed by atoms with Crippen LogP contribution < -0.4 is 16.1 Å². The highest BCUT2D eigenvalue weighted by molar-refractivity contribution is 5.85. The molecule has 0 bridgehead atoms.